The summed E-state index contributed by atoms with van der Waals surface area (Å²) >= 11 is 0. The van der Waals surface area contributed by atoms with Crippen molar-refractivity contribution < 1.29 is 13.2 Å². The van der Waals surface area contributed by atoms with E-state index >= 15 is 0 Å². The first-order valence-corrected chi connectivity index (χ1v) is 9.58. The number of amides is 1. The molecule has 1 aliphatic rings. The van der Waals surface area contributed by atoms with Gasteiger partial charge in [0.05, 0.1) is 4.90 Å². The molecule has 0 bridgehead atoms. The molecule has 0 radical (unpaired) electrons. The van der Waals surface area contributed by atoms with Crippen molar-refractivity contribution in [2.75, 3.05) is 7.05 Å². The van der Waals surface area contributed by atoms with Gasteiger partial charge < -0.3 is 5.32 Å². The van der Waals surface area contributed by atoms with E-state index in [1.54, 1.807) is 13.0 Å². The molecule has 2 rings (SSSR count). The Hall–Kier alpha value is -1.40. The van der Waals surface area contributed by atoms with Crippen LogP contribution in [0.3, 0.4) is 0 Å². The van der Waals surface area contributed by atoms with Crippen molar-refractivity contribution in [2.24, 2.45) is 5.92 Å². The number of hydrogen-bond donors (Lipinski definition) is 2. The molecule has 0 saturated heterocycles. The van der Waals surface area contributed by atoms with E-state index in [0.717, 1.165) is 37.2 Å². The van der Waals surface area contributed by atoms with Crippen LogP contribution in [0.25, 0.3) is 0 Å². The highest BCUT2D eigenvalue weighted by Gasteiger charge is 2.23. The van der Waals surface area contributed by atoms with Crippen LogP contribution >= 0.6 is 0 Å². The lowest BCUT2D eigenvalue weighted by Gasteiger charge is -2.27. The second kappa shape index (κ2) is 7.01. The highest BCUT2D eigenvalue weighted by Crippen LogP contribution is 2.25. The first-order valence-electron chi connectivity index (χ1n) is 8.10. The van der Waals surface area contributed by atoms with Gasteiger partial charge in [-0.2, -0.15) is 0 Å². The summed E-state index contributed by atoms with van der Waals surface area (Å²) in [5.74, 6) is 0.525. The molecule has 0 spiro atoms. The number of carbonyl (C=O) groups is 1. The minimum atomic E-state index is -3.58. The molecule has 128 valence electrons. The predicted molar refractivity (Wildman–Crippen MR) is 91.0 cm³/mol. The average molecular weight is 338 g/mol. The van der Waals surface area contributed by atoms with E-state index in [-0.39, 0.29) is 16.8 Å². The van der Waals surface area contributed by atoms with Gasteiger partial charge in [-0.15, -0.1) is 0 Å². The first-order chi connectivity index (χ1) is 10.7. The van der Waals surface area contributed by atoms with Crippen LogP contribution in [-0.2, 0) is 10.0 Å². The van der Waals surface area contributed by atoms with Gasteiger partial charge in [0.1, 0.15) is 0 Å². The number of rotatable bonds is 4. The highest BCUT2D eigenvalue weighted by molar-refractivity contribution is 7.89. The number of nitrogens with one attached hydrogen (secondary N) is 2. The monoisotopic (exact) mass is 338 g/mol. The van der Waals surface area contributed by atoms with Gasteiger partial charge in [-0.25, -0.2) is 13.1 Å². The van der Waals surface area contributed by atoms with Crippen LogP contribution in [0.5, 0.6) is 0 Å². The van der Waals surface area contributed by atoms with Crippen molar-refractivity contribution in [3.05, 3.63) is 28.8 Å². The van der Waals surface area contributed by atoms with Gasteiger partial charge in [0, 0.05) is 11.6 Å². The number of sulfonamides is 1. The smallest absolute Gasteiger partial charge is 0.251 e. The molecular formula is C17H26N2O3S. The second-order valence-electron chi connectivity index (χ2n) is 6.55. The predicted octanol–water partition coefficient (Wildman–Crippen LogP) is 2.52. The standard InChI is InChI=1S/C17H26N2O3S/c1-11-5-7-15(8-6-11)19-17(20)14-9-12(2)13(3)16(10-14)23(21,22)18-4/h9-11,15,18H,5-8H2,1-4H3,(H,19,20). The fourth-order valence-corrected chi connectivity index (χ4v) is 4.09. The summed E-state index contributed by atoms with van der Waals surface area (Å²) in [6.45, 7) is 5.81. The third-order valence-corrected chi connectivity index (χ3v) is 6.33. The van der Waals surface area contributed by atoms with Gasteiger partial charge in [0.2, 0.25) is 10.0 Å². The molecule has 0 aliphatic heterocycles. The van der Waals surface area contributed by atoms with Crippen LogP contribution < -0.4 is 10.0 Å². The van der Waals surface area contributed by atoms with Gasteiger partial charge in [-0.3, -0.25) is 4.79 Å². The van der Waals surface area contributed by atoms with E-state index in [4.69, 9.17) is 0 Å². The fourth-order valence-electron chi connectivity index (χ4n) is 3.02. The molecule has 0 heterocycles. The summed E-state index contributed by atoms with van der Waals surface area (Å²) in [4.78, 5) is 12.7. The fraction of sp³-hybridized carbons (Fsp3) is 0.588. The van der Waals surface area contributed by atoms with Gasteiger partial charge in [0.25, 0.3) is 5.91 Å². The third kappa shape index (κ3) is 4.12. The van der Waals surface area contributed by atoms with E-state index in [9.17, 15) is 13.2 Å². The molecule has 1 fully saturated rings. The van der Waals surface area contributed by atoms with Gasteiger partial charge in [-0.1, -0.05) is 6.92 Å². The lowest BCUT2D eigenvalue weighted by molar-refractivity contribution is 0.0922. The molecule has 0 aromatic heterocycles. The maximum atomic E-state index is 12.5. The van der Waals surface area contributed by atoms with Crippen LogP contribution in [0.15, 0.2) is 17.0 Å². The Morgan fingerprint density at radius 2 is 1.74 bits per heavy atom. The van der Waals surface area contributed by atoms with Crippen LogP contribution in [0.4, 0.5) is 0 Å². The molecule has 1 aromatic rings. The van der Waals surface area contributed by atoms with Gasteiger partial charge in [-0.05, 0) is 75.8 Å². The summed E-state index contributed by atoms with van der Waals surface area (Å²) in [7, 11) is -2.20. The summed E-state index contributed by atoms with van der Waals surface area (Å²) in [6, 6.07) is 3.41. The molecule has 6 heteroatoms. The van der Waals surface area contributed by atoms with E-state index in [0.29, 0.717) is 11.1 Å². The maximum absolute atomic E-state index is 12.5. The molecule has 0 unspecified atom stereocenters. The number of hydrogen-bond acceptors (Lipinski definition) is 3. The SMILES string of the molecule is CNS(=O)(=O)c1cc(C(=O)NC2CCC(C)CC2)cc(C)c1C. The molecule has 23 heavy (non-hydrogen) atoms. The number of carbonyl (C=O) groups excluding carboxylic acids is 1. The molecule has 2 N–H and O–H groups in total. The third-order valence-electron chi connectivity index (χ3n) is 4.79. The first kappa shape index (κ1) is 17.9. The summed E-state index contributed by atoms with van der Waals surface area (Å²) in [6.07, 6.45) is 4.22. The Kier molecular flexibility index (Phi) is 5.47. The van der Waals surface area contributed by atoms with Crippen molar-refractivity contribution in [3.8, 4) is 0 Å². The minimum Gasteiger partial charge on any atom is -0.349 e. The normalized spacial score (nSPS) is 21.9. The maximum Gasteiger partial charge on any atom is 0.251 e. The van der Waals surface area contributed by atoms with Crippen LogP contribution in [0.2, 0.25) is 0 Å². The molecule has 5 nitrogen and oxygen atoms in total. The second-order valence-corrected chi connectivity index (χ2v) is 8.41. The lowest BCUT2D eigenvalue weighted by Crippen LogP contribution is -2.37. The van der Waals surface area contributed by atoms with Crippen molar-refractivity contribution >= 4 is 15.9 Å². The average Bonchev–Trinajstić information content (AvgIpc) is 2.51. The molecule has 1 amide bonds. The molecule has 1 aliphatic carbocycles. The number of aryl methyl sites for hydroxylation is 1. The zero-order chi connectivity index (χ0) is 17.2. The van der Waals surface area contributed by atoms with Gasteiger partial charge >= 0.3 is 0 Å². The largest absolute Gasteiger partial charge is 0.349 e. The van der Waals surface area contributed by atoms with E-state index in [1.165, 1.54) is 13.1 Å². The molecule has 0 atom stereocenters. The molecule has 1 saturated carbocycles. The number of benzene rings is 1. The summed E-state index contributed by atoms with van der Waals surface area (Å²) in [5.41, 5.74) is 1.87. The highest BCUT2D eigenvalue weighted by atomic mass is 32.2. The van der Waals surface area contributed by atoms with Crippen molar-refractivity contribution in [2.45, 2.75) is 57.4 Å². The van der Waals surface area contributed by atoms with Crippen molar-refractivity contribution in [3.63, 3.8) is 0 Å². The van der Waals surface area contributed by atoms with Crippen LogP contribution in [-0.4, -0.2) is 27.4 Å². The van der Waals surface area contributed by atoms with Crippen LogP contribution in [0, 0.1) is 19.8 Å². The van der Waals surface area contributed by atoms with E-state index < -0.39 is 10.0 Å². The Bertz CT molecular complexity index is 690. The van der Waals surface area contributed by atoms with Crippen LogP contribution in [0.1, 0.15) is 54.1 Å². The van der Waals surface area contributed by atoms with Crippen molar-refractivity contribution in [1.82, 2.24) is 10.0 Å². The zero-order valence-electron chi connectivity index (χ0n) is 14.3. The molecular weight excluding hydrogens is 312 g/mol. The molecule has 1 aromatic carbocycles. The topological polar surface area (TPSA) is 75.3 Å². The quantitative estimate of drug-likeness (QED) is 0.886. The Morgan fingerprint density at radius 1 is 1.13 bits per heavy atom. The minimum absolute atomic E-state index is 0.169. The van der Waals surface area contributed by atoms with E-state index in [1.807, 2.05) is 6.92 Å². The van der Waals surface area contributed by atoms with Gasteiger partial charge in [0.15, 0.2) is 0 Å². The Morgan fingerprint density at radius 3 is 2.30 bits per heavy atom. The zero-order valence-corrected chi connectivity index (χ0v) is 15.1. The van der Waals surface area contributed by atoms with E-state index in [2.05, 4.69) is 17.0 Å². The summed E-state index contributed by atoms with van der Waals surface area (Å²) < 4.78 is 26.6. The Labute approximate surface area is 138 Å². The lowest BCUT2D eigenvalue weighted by atomic mass is 9.87. The summed E-state index contributed by atoms with van der Waals surface area (Å²) in [5, 5.41) is 3.04. The van der Waals surface area contributed by atoms with Crippen molar-refractivity contribution in [1.29, 1.82) is 0 Å². The Balaban J connectivity index is 2.24.